The fraction of sp³-hybridized carbons (Fsp3) is 0.500. The van der Waals surface area contributed by atoms with Gasteiger partial charge in [0.1, 0.15) is 5.82 Å². The van der Waals surface area contributed by atoms with Crippen molar-refractivity contribution in [3.63, 3.8) is 0 Å². The van der Waals surface area contributed by atoms with E-state index in [1.807, 2.05) is 0 Å². The Labute approximate surface area is 121 Å². The van der Waals surface area contributed by atoms with Gasteiger partial charge in [0.2, 0.25) is 0 Å². The van der Waals surface area contributed by atoms with E-state index >= 15 is 0 Å². The zero-order valence-electron chi connectivity index (χ0n) is 11.6. The van der Waals surface area contributed by atoms with Crippen LogP contribution in [0.1, 0.15) is 33.3 Å². The molecule has 0 amide bonds. The molecule has 0 radical (unpaired) electrons. The summed E-state index contributed by atoms with van der Waals surface area (Å²) in [6.45, 7) is 7.19. The summed E-state index contributed by atoms with van der Waals surface area (Å²) in [5.41, 5.74) is -1.12. The summed E-state index contributed by atoms with van der Waals surface area (Å²) >= 11 is 3.20. The highest BCUT2D eigenvalue weighted by atomic mass is 79.9. The number of hydrogen-bond acceptors (Lipinski definition) is 2. The van der Waals surface area contributed by atoms with Crippen molar-refractivity contribution in [2.75, 3.05) is 0 Å². The lowest BCUT2D eigenvalue weighted by atomic mass is 9.74. The van der Waals surface area contributed by atoms with Gasteiger partial charge in [-0.15, -0.1) is 0 Å². The Kier molecular flexibility index (Phi) is 4.74. The fourth-order valence-corrected chi connectivity index (χ4v) is 1.80. The number of hydrogen-bond donors (Lipinski definition) is 2. The molecule has 0 atom stereocenters. The predicted octanol–water partition coefficient (Wildman–Crippen LogP) is 3.57. The molecule has 0 unspecified atom stereocenters. The number of carbonyl (C=O) groups is 1. The van der Waals surface area contributed by atoms with Gasteiger partial charge < -0.3 is 10.4 Å². The first kappa shape index (κ1) is 16.1. The molecule has 0 aromatic heterocycles. The highest BCUT2D eigenvalue weighted by Gasteiger charge is 2.43. The Hall–Kier alpha value is -0.940. The first-order valence-electron chi connectivity index (χ1n) is 6.00. The van der Waals surface area contributed by atoms with E-state index in [9.17, 15) is 14.3 Å². The van der Waals surface area contributed by atoms with Crippen molar-refractivity contribution in [2.45, 2.75) is 39.8 Å². The van der Waals surface area contributed by atoms with Crippen LogP contribution in [0.25, 0.3) is 0 Å². The van der Waals surface area contributed by atoms with Gasteiger partial charge in [-0.3, -0.25) is 4.79 Å². The Bertz CT molecular complexity index is 486. The van der Waals surface area contributed by atoms with Crippen LogP contribution in [0.3, 0.4) is 0 Å². The average molecular weight is 332 g/mol. The molecule has 1 aromatic rings. The van der Waals surface area contributed by atoms with Gasteiger partial charge >= 0.3 is 5.97 Å². The summed E-state index contributed by atoms with van der Waals surface area (Å²) in [6.07, 6.45) is 0. The molecule has 106 valence electrons. The van der Waals surface area contributed by atoms with E-state index in [2.05, 4.69) is 21.2 Å². The summed E-state index contributed by atoms with van der Waals surface area (Å²) < 4.78 is 14.4. The van der Waals surface area contributed by atoms with Crippen molar-refractivity contribution in [1.29, 1.82) is 0 Å². The molecule has 1 rings (SSSR count). The third-order valence-electron chi connectivity index (χ3n) is 3.83. The smallest absolute Gasteiger partial charge is 0.310 e. The molecule has 5 heteroatoms. The molecule has 0 saturated heterocycles. The fourth-order valence-electron chi connectivity index (χ4n) is 1.47. The third-order valence-corrected chi connectivity index (χ3v) is 4.33. The van der Waals surface area contributed by atoms with E-state index in [-0.39, 0.29) is 12.4 Å². The van der Waals surface area contributed by atoms with E-state index in [4.69, 9.17) is 0 Å². The summed E-state index contributed by atoms with van der Waals surface area (Å²) in [5, 5.41) is 12.4. The number of carboxylic acids is 1. The Morgan fingerprint density at radius 1 is 1.37 bits per heavy atom. The van der Waals surface area contributed by atoms with Gasteiger partial charge in [-0.1, -0.05) is 22.0 Å². The standard InChI is InChI=1S/C14H19BrFNO2/c1-13(2,12(18)19)14(3,4)17-8-9-5-6-10(15)7-11(9)16/h5-7,17H,8H2,1-4H3,(H,18,19). The Morgan fingerprint density at radius 2 is 1.95 bits per heavy atom. The minimum Gasteiger partial charge on any atom is -0.481 e. The minimum absolute atomic E-state index is 0.281. The topological polar surface area (TPSA) is 49.3 Å². The molecule has 0 aliphatic heterocycles. The van der Waals surface area contributed by atoms with Crippen molar-refractivity contribution < 1.29 is 14.3 Å². The maximum absolute atomic E-state index is 13.7. The molecule has 0 aliphatic rings. The van der Waals surface area contributed by atoms with E-state index in [1.54, 1.807) is 39.8 Å². The quantitative estimate of drug-likeness (QED) is 0.867. The van der Waals surface area contributed by atoms with Crippen LogP contribution in [-0.2, 0) is 11.3 Å². The molecule has 0 heterocycles. The summed E-state index contributed by atoms with van der Waals surface area (Å²) in [5.74, 6) is -1.20. The second-order valence-corrected chi connectivity index (χ2v) is 6.56. The highest BCUT2D eigenvalue weighted by molar-refractivity contribution is 9.10. The third kappa shape index (κ3) is 3.54. The molecule has 0 fully saturated rings. The van der Waals surface area contributed by atoms with Crippen LogP contribution in [0.5, 0.6) is 0 Å². The second-order valence-electron chi connectivity index (χ2n) is 5.64. The Morgan fingerprint density at radius 3 is 2.42 bits per heavy atom. The van der Waals surface area contributed by atoms with Crippen LogP contribution in [0, 0.1) is 11.2 Å². The van der Waals surface area contributed by atoms with Crippen molar-refractivity contribution in [2.24, 2.45) is 5.41 Å². The van der Waals surface area contributed by atoms with Crippen molar-refractivity contribution in [3.05, 3.63) is 34.1 Å². The van der Waals surface area contributed by atoms with Crippen LogP contribution in [0.2, 0.25) is 0 Å². The SMILES string of the molecule is CC(C)(NCc1ccc(Br)cc1F)C(C)(C)C(=O)O. The Balaban J connectivity index is 2.83. The van der Waals surface area contributed by atoms with Crippen molar-refractivity contribution in [3.8, 4) is 0 Å². The average Bonchev–Trinajstić information content (AvgIpc) is 2.27. The molecular weight excluding hydrogens is 313 g/mol. The van der Waals surface area contributed by atoms with E-state index in [0.29, 0.717) is 10.0 Å². The molecule has 2 N–H and O–H groups in total. The van der Waals surface area contributed by atoms with Crippen molar-refractivity contribution in [1.82, 2.24) is 5.32 Å². The van der Waals surface area contributed by atoms with E-state index in [0.717, 1.165) is 0 Å². The molecule has 0 saturated carbocycles. The zero-order chi connectivity index (χ0) is 14.8. The van der Waals surface area contributed by atoms with Crippen molar-refractivity contribution >= 4 is 21.9 Å². The first-order valence-corrected chi connectivity index (χ1v) is 6.79. The highest BCUT2D eigenvalue weighted by Crippen LogP contribution is 2.31. The number of rotatable bonds is 5. The number of nitrogens with one attached hydrogen (secondary N) is 1. The summed E-state index contributed by atoms with van der Waals surface area (Å²) in [6, 6.07) is 4.83. The number of benzene rings is 1. The van der Waals surface area contributed by atoms with Crippen LogP contribution in [0.15, 0.2) is 22.7 Å². The molecule has 0 aliphatic carbocycles. The van der Waals surface area contributed by atoms with Crippen LogP contribution in [0.4, 0.5) is 4.39 Å². The second kappa shape index (κ2) is 5.59. The molecule has 0 bridgehead atoms. The van der Waals surface area contributed by atoms with Gasteiger partial charge in [0.05, 0.1) is 5.41 Å². The normalized spacial score (nSPS) is 12.5. The number of aliphatic carboxylic acids is 1. The number of halogens is 2. The number of carboxylic acid groups (broad SMARTS) is 1. The lowest BCUT2D eigenvalue weighted by Gasteiger charge is -2.39. The lowest BCUT2D eigenvalue weighted by molar-refractivity contribution is -0.151. The molecule has 1 aromatic carbocycles. The van der Waals surface area contributed by atoms with Gasteiger partial charge in [0, 0.05) is 22.1 Å². The van der Waals surface area contributed by atoms with Crippen LogP contribution in [-0.4, -0.2) is 16.6 Å². The van der Waals surface area contributed by atoms with E-state index < -0.39 is 16.9 Å². The van der Waals surface area contributed by atoms with Crippen LogP contribution < -0.4 is 5.32 Å². The molecule has 0 spiro atoms. The predicted molar refractivity (Wildman–Crippen MR) is 76.4 cm³/mol. The summed E-state index contributed by atoms with van der Waals surface area (Å²) in [4.78, 5) is 11.3. The first-order chi connectivity index (χ1) is 8.58. The zero-order valence-corrected chi connectivity index (χ0v) is 13.1. The minimum atomic E-state index is -0.959. The summed E-state index contributed by atoms with van der Waals surface area (Å²) in [7, 11) is 0. The molecular formula is C14H19BrFNO2. The maximum atomic E-state index is 13.7. The lowest BCUT2D eigenvalue weighted by Crippen LogP contribution is -2.54. The van der Waals surface area contributed by atoms with Gasteiger partial charge in [-0.2, -0.15) is 0 Å². The van der Waals surface area contributed by atoms with Gasteiger partial charge in [0.15, 0.2) is 0 Å². The molecule has 3 nitrogen and oxygen atoms in total. The maximum Gasteiger partial charge on any atom is 0.310 e. The van der Waals surface area contributed by atoms with E-state index in [1.165, 1.54) is 6.07 Å². The van der Waals surface area contributed by atoms with Gasteiger partial charge in [-0.05, 0) is 39.8 Å². The van der Waals surface area contributed by atoms with Gasteiger partial charge in [0.25, 0.3) is 0 Å². The van der Waals surface area contributed by atoms with Gasteiger partial charge in [-0.25, -0.2) is 4.39 Å². The van der Waals surface area contributed by atoms with Crippen LogP contribution >= 0.6 is 15.9 Å². The molecule has 19 heavy (non-hydrogen) atoms. The monoisotopic (exact) mass is 331 g/mol. The largest absolute Gasteiger partial charge is 0.481 e.